The smallest absolute Gasteiger partial charge is 0.227 e. The lowest BCUT2D eigenvalue weighted by Crippen LogP contribution is -2.31. The predicted molar refractivity (Wildman–Crippen MR) is 70.0 cm³/mol. The topological polar surface area (TPSA) is 70.0 Å². The van der Waals surface area contributed by atoms with Crippen molar-refractivity contribution in [3.05, 3.63) is 29.3 Å². The van der Waals surface area contributed by atoms with Crippen LogP contribution in [0.3, 0.4) is 0 Å². The summed E-state index contributed by atoms with van der Waals surface area (Å²) in [6.45, 7) is 2.33. The minimum Gasteiger partial charge on any atom is -0.496 e. The van der Waals surface area contributed by atoms with Gasteiger partial charge >= 0.3 is 0 Å². The SMILES string of the molecule is COc1ccc(C)cc1CC(=O)N1C[C@@H](O)[C@@H](O)C1. The normalized spacial score (nSPS) is 22.6. The first-order chi connectivity index (χ1) is 9.01. The average molecular weight is 265 g/mol. The molecule has 0 radical (unpaired) electrons. The van der Waals surface area contributed by atoms with Crippen LogP contribution in [0.4, 0.5) is 0 Å². The van der Waals surface area contributed by atoms with Crippen molar-refractivity contribution in [3.8, 4) is 5.75 Å². The Balaban J connectivity index is 2.09. The van der Waals surface area contributed by atoms with Crippen LogP contribution >= 0.6 is 0 Å². The highest BCUT2D eigenvalue weighted by atomic mass is 16.5. The van der Waals surface area contributed by atoms with Gasteiger partial charge in [-0.05, 0) is 13.0 Å². The van der Waals surface area contributed by atoms with Crippen molar-refractivity contribution in [2.24, 2.45) is 0 Å². The molecule has 1 saturated heterocycles. The predicted octanol–water partition coefficient (Wildman–Crippen LogP) is 0.110. The number of methoxy groups -OCH3 is 1. The maximum atomic E-state index is 12.1. The number of aryl methyl sites for hydroxylation is 1. The quantitative estimate of drug-likeness (QED) is 0.814. The van der Waals surface area contributed by atoms with Crippen LogP contribution < -0.4 is 4.74 Å². The Morgan fingerprint density at radius 2 is 2.00 bits per heavy atom. The van der Waals surface area contributed by atoms with Gasteiger partial charge in [0.05, 0.1) is 25.7 Å². The number of hydrogen-bond acceptors (Lipinski definition) is 4. The molecular formula is C14H19NO4. The van der Waals surface area contributed by atoms with Crippen molar-refractivity contribution in [1.82, 2.24) is 4.90 Å². The molecule has 2 atom stereocenters. The third-order valence-electron chi connectivity index (χ3n) is 3.39. The van der Waals surface area contributed by atoms with Crippen molar-refractivity contribution in [3.63, 3.8) is 0 Å². The molecule has 5 nitrogen and oxygen atoms in total. The zero-order valence-electron chi connectivity index (χ0n) is 11.2. The van der Waals surface area contributed by atoms with E-state index in [1.165, 1.54) is 4.90 Å². The number of likely N-dealkylation sites (tertiary alicyclic amines) is 1. The van der Waals surface area contributed by atoms with E-state index in [0.29, 0.717) is 5.75 Å². The lowest BCUT2D eigenvalue weighted by atomic mass is 10.1. The highest BCUT2D eigenvalue weighted by molar-refractivity contribution is 5.80. The van der Waals surface area contributed by atoms with E-state index in [0.717, 1.165) is 11.1 Å². The molecule has 5 heteroatoms. The summed E-state index contributed by atoms with van der Waals surface area (Å²) in [7, 11) is 1.57. The Morgan fingerprint density at radius 3 is 2.58 bits per heavy atom. The van der Waals surface area contributed by atoms with Gasteiger partial charge in [0.15, 0.2) is 0 Å². The maximum absolute atomic E-state index is 12.1. The van der Waals surface area contributed by atoms with E-state index in [1.807, 2.05) is 25.1 Å². The maximum Gasteiger partial charge on any atom is 0.227 e. The molecule has 0 aromatic heterocycles. The van der Waals surface area contributed by atoms with Crippen molar-refractivity contribution >= 4 is 5.91 Å². The first-order valence-corrected chi connectivity index (χ1v) is 6.28. The summed E-state index contributed by atoms with van der Waals surface area (Å²) < 4.78 is 5.24. The Labute approximate surface area is 112 Å². The lowest BCUT2D eigenvalue weighted by molar-refractivity contribution is -0.130. The van der Waals surface area contributed by atoms with E-state index < -0.39 is 12.2 Å². The lowest BCUT2D eigenvalue weighted by Gasteiger charge is -2.16. The van der Waals surface area contributed by atoms with Crippen LogP contribution in [-0.4, -0.2) is 53.4 Å². The molecule has 104 valence electrons. The van der Waals surface area contributed by atoms with Gasteiger partial charge in [0.25, 0.3) is 0 Å². The first kappa shape index (κ1) is 13.8. The van der Waals surface area contributed by atoms with Crippen LogP contribution in [0.1, 0.15) is 11.1 Å². The van der Waals surface area contributed by atoms with Gasteiger partial charge in [-0.1, -0.05) is 17.7 Å². The molecule has 1 aliphatic heterocycles. The molecule has 1 aromatic rings. The minimum absolute atomic E-state index is 0.112. The first-order valence-electron chi connectivity index (χ1n) is 6.28. The Hall–Kier alpha value is -1.59. The van der Waals surface area contributed by atoms with E-state index in [2.05, 4.69) is 0 Å². The van der Waals surface area contributed by atoms with Crippen LogP contribution in [0.5, 0.6) is 5.75 Å². The van der Waals surface area contributed by atoms with Gasteiger partial charge in [0, 0.05) is 18.7 Å². The van der Waals surface area contributed by atoms with Crippen molar-refractivity contribution in [2.75, 3.05) is 20.2 Å². The van der Waals surface area contributed by atoms with Gasteiger partial charge in [-0.25, -0.2) is 0 Å². The minimum atomic E-state index is -0.844. The van der Waals surface area contributed by atoms with Crippen molar-refractivity contribution in [2.45, 2.75) is 25.6 Å². The summed E-state index contributed by atoms with van der Waals surface area (Å²) in [6, 6.07) is 5.68. The monoisotopic (exact) mass is 265 g/mol. The van der Waals surface area contributed by atoms with E-state index in [9.17, 15) is 15.0 Å². The van der Waals surface area contributed by atoms with Gasteiger partial charge in [-0.15, -0.1) is 0 Å². The molecule has 2 N–H and O–H groups in total. The summed E-state index contributed by atoms with van der Waals surface area (Å²) in [6.07, 6.45) is -1.48. The number of aliphatic hydroxyl groups is 2. The van der Waals surface area contributed by atoms with E-state index >= 15 is 0 Å². The number of rotatable bonds is 3. The summed E-state index contributed by atoms with van der Waals surface area (Å²) >= 11 is 0. The highest BCUT2D eigenvalue weighted by Crippen LogP contribution is 2.21. The largest absolute Gasteiger partial charge is 0.496 e. The number of benzene rings is 1. The number of carbonyl (C=O) groups is 1. The van der Waals surface area contributed by atoms with E-state index in [1.54, 1.807) is 7.11 Å². The zero-order valence-corrected chi connectivity index (χ0v) is 11.2. The standard InChI is InChI=1S/C14H19NO4/c1-9-3-4-13(19-2)10(5-9)6-14(18)15-7-11(16)12(17)8-15/h3-5,11-12,16-17H,6-8H2,1-2H3/t11-,12+. The van der Waals surface area contributed by atoms with E-state index in [-0.39, 0.29) is 25.4 Å². The second kappa shape index (κ2) is 5.59. The molecule has 0 aliphatic carbocycles. The number of β-amino-alcohol motifs (C(OH)–C–C–N with tert-alkyl or cyclic N) is 2. The highest BCUT2D eigenvalue weighted by Gasteiger charge is 2.32. The molecule has 2 rings (SSSR count). The van der Waals surface area contributed by atoms with Crippen LogP contribution in [0, 0.1) is 6.92 Å². The van der Waals surface area contributed by atoms with Gasteiger partial charge in [0.2, 0.25) is 5.91 Å². The van der Waals surface area contributed by atoms with Crippen LogP contribution in [0.15, 0.2) is 18.2 Å². The van der Waals surface area contributed by atoms with Gasteiger partial charge in [-0.2, -0.15) is 0 Å². The van der Waals surface area contributed by atoms with Crippen molar-refractivity contribution in [1.29, 1.82) is 0 Å². The molecule has 1 aliphatic rings. The number of amides is 1. The van der Waals surface area contributed by atoms with Gasteiger partial charge in [-0.3, -0.25) is 4.79 Å². The summed E-state index contributed by atoms with van der Waals surface area (Å²) in [5, 5.41) is 18.9. The number of ether oxygens (including phenoxy) is 1. The molecule has 1 amide bonds. The summed E-state index contributed by atoms with van der Waals surface area (Å²) in [5.74, 6) is 0.568. The van der Waals surface area contributed by atoms with Crippen LogP contribution in [0.2, 0.25) is 0 Å². The molecular weight excluding hydrogens is 246 g/mol. The second-order valence-corrected chi connectivity index (χ2v) is 4.93. The molecule has 1 aromatic carbocycles. The fraction of sp³-hybridized carbons (Fsp3) is 0.500. The molecule has 0 bridgehead atoms. The number of aliphatic hydroxyl groups excluding tert-OH is 2. The molecule has 19 heavy (non-hydrogen) atoms. The molecule has 0 spiro atoms. The average Bonchev–Trinajstić information content (AvgIpc) is 2.70. The Morgan fingerprint density at radius 1 is 1.37 bits per heavy atom. The molecule has 0 saturated carbocycles. The summed E-state index contributed by atoms with van der Waals surface area (Å²) in [4.78, 5) is 13.6. The van der Waals surface area contributed by atoms with Crippen molar-refractivity contribution < 1.29 is 19.7 Å². The zero-order chi connectivity index (χ0) is 14.0. The number of hydrogen-bond donors (Lipinski definition) is 2. The molecule has 1 fully saturated rings. The van der Waals surface area contributed by atoms with E-state index in [4.69, 9.17) is 4.74 Å². The Kier molecular flexibility index (Phi) is 4.07. The van der Waals surface area contributed by atoms with Crippen LogP contribution in [-0.2, 0) is 11.2 Å². The fourth-order valence-electron chi connectivity index (χ4n) is 2.29. The third kappa shape index (κ3) is 3.05. The third-order valence-corrected chi connectivity index (χ3v) is 3.39. The fourth-order valence-corrected chi connectivity index (χ4v) is 2.29. The van der Waals surface area contributed by atoms with Gasteiger partial charge < -0.3 is 19.8 Å². The van der Waals surface area contributed by atoms with Gasteiger partial charge in [0.1, 0.15) is 5.75 Å². The Bertz CT molecular complexity index is 465. The van der Waals surface area contributed by atoms with Crippen LogP contribution in [0.25, 0.3) is 0 Å². The second-order valence-electron chi connectivity index (χ2n) is 4.93. The molecule has 1 heterocycles. The summed E-state index contributed by atoms with van der Waals surface area (Å²) in [5.41, 5.74) is 1.88. The number of carbonyl (C=O) groups excluding carboxylic acids is 1. The molecule has 0 unspecified atom stereocenters. The number of nitrogens with zero attached hydrogens (tertiary/aromatic N) is 1.